The Hall–Kier alpha value is -2.33. The van der Waals surface area contributed by atoms with Crippen LogP contribution in [0.25, 0.3) is 0 Å². The fourth-order valence-corrected chi connectivity index (χ4v) is 3.40. The molecule has 0 aromatic heterocycles. The number of ether oxygens (including phenoxy) is 1. The van der Waals surface area contributed by atoms with Crippen LogP contribution in [0.1, 0.15) is 49.8 Å². The molecule has 3 atom stereocenters. The predicted molar refractivity (Wildman–Crippen MR) is 109 cm³/mol. The summed E-state index contributed by atoms with van der Waals surface area (Å²) < 4.78 is 5.25. The van der Waals surface area contributed by atoms with Crippen molar-refractivity contribution in [3.05, 3.63) is 65.7 Å². The van der Waals surface area contributed by atoms with Gasteiger partial charge in [-0.15, -0.1) is 0 Å². The number of carbonyl (C=O) groups is 1. The third-order valence-electron chi connectivity index (χ3n) is 5.34. The summed E-state index contributed by atoms with van der Waals surface area (Å²) >= 11 is 0. The molecule has 0 radical (unpaired) electrons. The van der Waals surface area contributed by atoms with E-state index in [1.54, 1.807) is 7.11 Å². The average molecular weight is 367 g/mol. The molecule has 1 aliphatic carbocycles. The molecule has 1 aliphatic rings. The smallest absolute Gasteiger partial charge is 0.236 e. The molecule has 0 spiro atoms. The van der Waals surface area contributed by atoms with Crippen molar-refractivity contribution in [1.82, 2.24) is 10.6 Å². The van der Waals surface area contributed by atoms with Gasteiger partial charge in [0.2, 0.25) is 5.91 Å². The summed E-state index contributed by atoms with van der Waals surface area (Å²) in [6, 6.07) is 18.4. The molecule has 1 amide bonds. The molecule has 0 saturated heterocycles. The summed E-state index contributed by atoms with van der Waals surface area (Å²) in [7, 11) is 1.68. The van der Waals surface area contributed by atoms with E-state index in [1.165, 1.54) is 24.0 Å². The number of carbonyl (C=O) groups excluding carboxylic acids is 1. The van der Waals surface area contributed by atoms with Gasteiger partial charge in [-0.1, -0.05) is 49.4 Å². The Kier molecular flexibility index (Phi) is 6.51. The highest BCUT2D eigenvalue weighted by molar-refractivity contribution is 5.81. The maximum Gasteiger partial charge on any atom is 0.236 e. The van der Waals surface area contributed by atoms with Crippen LogP contribution < -0.4 is 15.4 Å². The van der Waals surface area contributed by atoms with Crippen LogP contribution in [-0.4, -0.2) is 25.6 Å². The quantitative estimate of drug-likeness (QED) is 0.704. The number of benzene rings is 2. The minimum Gasteiger partial charge on any atom is -0.497 e. The summed E-state index contributed by atoms with van der Waals surface area (Å²) in [6.07, 6.45) is 2.42. The molecule has 3 unspecified atom stereocenters. The van der Waals surface area contributed by atoms with Crippen LogP contribution in [0.3, 0.4) is 0 Å². The third-order valence-corrected chi connectivity index (χ3v) is 5.34. The maximum absolute atomic E-state index is 12.6. The highest BCUT2D eigenvalue weighted by Crippen LogP contribution is 2.41. The van der Waals surface area contributed by atoms with Gasteiger partial charge in [0, 0.05) is 12.6 Å². The first-order valence-electron chi connectivity index (χ1n) is 9.81. The fourth-order valence-electron chi connectivity index (χ4n) is 3.40. The van der Waals surface area contributed by atoms with Crippen molar-refractivity contribution < 1.29 is 9.53 Å². The van der Waals surface area contributed by atoms with Crippen molar-refractivity contribution in [2.45, 2.75) is 44.7 Å². The molecule has 4 heteroatoms. The highest BCUT2D eigenvalue weighted by Gasteiger charge is 2.34. The van der Waals surface area contributed by atoms with Crippen molar-refractivity contribution in [2.24, 2.45) is 5.92 Å². The highest BCUT2D eigenvalue weighted by atomic mass is 16.5. The number of methoxy groups -OCH3 is 1. The zero-order valence-corrected chi connectivity index (χ0v) is 16.4. The zero-order chi connectivity index (χ0) is 19.2. The Bertz CT molecular complexity index is 726. The second-order valence-corrected chi connectivity index (χ2v) is 7.53. The Morgan fingerprint density at radius 1 is 1.04 bits per heavy atom. The molecule has 1 fully saturated rings. The van der Waals surface area contributed by atoms with Gasteiger partial charge in [0.15, 0.2) is 0 Å². The number of hydrogen-bond acceptors (Lipinski definition) is 3. The number of nitrogens with one attached hydrogen (secondary N) is 2. The lowest BCUT2D eigenvalue weighted by Gasteiger charge is -2.24. The molecule has 1 saturated carbocycles. The Balaban J connectivity index is 1.55. The average Bonchev–Trinajstić information content (AvgIpc) is 3.55. The maximum atomic E-state index is 12.6. The molecule has 0 heterocycles. The second-order valence-electron chi connectivity index (χ2n) is 7.53. The summed E-state index contributed by atoms with van der Waals surface area (Å²) in [5.41, 5.74) is 2.46. The molecular formula is C23H30N2O2. The largest absolute Gasteiger partial charge is 0.497 e. The van der Waals surface area contributed by atoms with E-state index in [9.17, 15) is 4.79 Å². The SMILES string of the molecule is COc1ccc(C(NC(C)C(=O)NCC(C)c2ccccc2)C2CC2)cc1. The predicted octanol–water partition coefficient (Wildman–Crippen LogP) is 4.04. The van der Waals surface area contributed by atoms with Crippen LogP contribution in [0.4, 0.5) is 0 Å². The van der Waals surface area contributed by atoms with E-state index in [0.29, 0.717) is 18.4 Å². The molecule has 2 N–H and O–H groups in total. The van der Waals surface area contributed by atoms with Gasteiger partial charge >= 0.3 is 0 Å². The molecule has 144 valence electrons. The minimum atomic E-state index is -0.235. The standard InChI is InChI=1S/C23H30N2O2/c1-16(18-7-5-4-6-8-18)15-24-23(26)17(2)25-22(19-9-10-19)20-11-13-21(27-3)14-12-20/h4-8,11-14,16-17,19,22,25H,9-10,15H2,1-3H3,(H,24,26). The van der Waals surface area contributed by atoms with Gasteiger partial charge in [-0.3, -0.25) is 10.1 Å². The van der Waals surface area contributed by atoms with Crippen molar-refractivity contribution in [1.29, 1.82) is 0 Å². The summed E-state index contributed by atoms with van der Waals surface area (Å²) in [5, 5.41) is 6.64. The van der Waals surface area contributed by atoms with E-state index in [-0.39, 0.29) is 18.0 Å². The normalized spacial score (nSPS) is 17.0. The molecular weight excluding hydrogens is 336 g/mol. The minimum absolute atomic E-state index is 0.0527. The van der Waals surface area contributed by atoms with Gasteiger partial charge in [-0.25, -0.2) is 0 Å². The summed E-state index contributed by atoms with van der Waals surface area (Å²) in [4.78, 5) is 12.6. The van der Waals surface area contributed by atoms with Crippen LogP contribution >= 0.6 is 0 Å². The van der Waals surface area contributed by atoms with E-state index in [0.717, 1.165) is 5.75 Å². The molecule has 0 aliphatic heterocycles. The second kappa shape index (κ2) is 9.05. The summed E-state index contributed by atoms with van der Waals surface area (Å²) in [5.74, 6) is 1.81. The van der Waals surface area contributed by atoms with Crippen LogP contribution in [0.15, 0.2) is 54.6 Å². The van der Waals surface area contributed by atoms with Crippen molar-refractivity contribution in [3.8, 4) is 5.75 Å². The zero-order valence-electron chi connectivity index (χ0n) is 16.4. The van der Waals surface area contributed by atoms with E-state index < -0.39 is 0 Å². The first kappa shape index (κ1) is 19.4. The molecule has 2 aromatic carbocycles. The van der Waals surface area contributed by atoms with Crippen molar-refractivity contribution in [2.75, 3.05) is 13.7 Å². The number of hydrogen-bond donors (Lipinski definition) is 2. The first-order chi connectivity index (χ1) is 13.1. The van der Waals surface area contributed by atoms with E-state index >= 15 is 0 Å². The summed E-state index contributed by atoms with van der Waals surface area (Å²) in [6.45, 7) is 4.73. The molecule has 0 bridgehead atoms. The molecule has 3 rings (SSSR count). The lowest BCUT2D eigenvalue weighted by molar-refractivity contribution is -0.123. The number of rotatable bonds is 9. The van der Waals surface area contributed by atoms with Gasteiger partial charge in [-0.2, -0.15) is 0 Å². The van der Waals surface area contributed by atoms with Gasteiger partial charge in [0.1, 0.15) is 5.75 Å². The van der Waals surface area contributed by atoms with E-state index in [2.05, 4.69) is 41.8 Å². The fraction of sp³-hybridized carbons (Fsp3) is 0.435. The van der Waals surface area contributed by atoms with Crippen LogP contribution in [0, 0.1) is 5.92 Å². The molecule has 27 heavy (non-hydrogen) atoms. The first-order valence-corrected chi connectivity index (χ1v) is 9.81. The van der Waals surface area contributed by atoms with Crippen LogP contribution in [0.5, 0.6) is 5.75 Å². The molecule has 4 nitrogen and oxygen atoms in total. The van der Waals surface area contributed by atoms with Crippen molar-refractivity contribution >= 4 is 5.91 Å². The van der Waals surface area contributed by atoms with Gasteiger partial charge in [0.25, 0.3) is 0 Å². The monoisotopic (exact) mass is 366 g/mol. The van der Waals surface area contributed by atoms with Crippen LogP contribution in [-0.2, 0) is 4.79 Å². The third kappa shape index (κ3) is 5.33. The van der Waals surface area contributed by atoms with Gasteiger partial charge < -0.3 is 10.1 Å². The van der Waals surface area contributed by atoms with E-state index in [1.807, 2.05) is 37.3 Å². The lowest BCUT2D eigenvalue weighted by Crippen LogP contribution is -2.45. The topological polar surface area (TPSA) is 50.4 Å². The Labute approximate surface area is 162 Å². The Morgan fingerprint density at radius 3 is 2.30 bits per heavy atom. The van der Waals surface area contributed by atoms with E-state index in [4.69, 9.17) is 4.74 Å². The Morgan fingerprint density at radius 2 is 1.70 bits per heavy atom. The van der Waals surface area contributed by atoms with Crippen LogP contribution in [0.2, 0.25) is 0 Å². The van der Waals surface area contributed by atoms with Crippen molar-refractivity contribution in [3.63, 3.8) is 0 Å². The van der Waals surface area contributed by atoms with Gasteiger partial charge in [-0.05, 0) is 54.9 Å². The molecule has 2 aromatic rings. The van der Waals surface area contributed by atoms with Gasteiger partial charge in [0.05, 0.1) is 13.2 Å². The number of amides is 1. The lowest BCUT2D eigenvalue weighted by atomic mass is 10.0.